The lowest BCUT2D eigenvalue weighted by molar-refractivity contribution is 0.176. The summed E-state index contributed by atoms with van der Waals surface area (Å²) >= 11 is 0. The predicted molar refractivity (Wildman–Crippen MR) is 84.1 cm³/mol. The highest BCUT2D eigenvalue weighted by molar-refractivity contribution is 5.43. The number of ether oxygens (including phenoxy) is 3. The van der Waals surface area contributed by atoms with Gasteiger partial charge in [0.15, 0.2) is 11.5 Å². The summed E-state index contributed by atoms with van der Waals surface area (Å²) in [5.74, 6) is 2.17. The lowest BCUT2D eigenvalue weighted by Crippen LogP contribution is -2.36. The van der Waals surface area contributed by atoms with Gasteiger partial charge in [0, 0.05) is 18.7 Å². The van der Waals surface area contributed by atoms with E-state index < -0.39 is 0 Å². The molecule has 0 spiro atoms. The van der Waals surface area contributed by atoms with Crippen molar-refractivity contribution < 1.29 is 14.2 Å². The Balaban J connectivity index is 2.09. The van der Waals surface area contributed by atoms with Crippen molar-refractivity contribution in [2.24, 2.45) is 5.92 Å². The van der Waals surface area contributed by atoms with E-state index in [2.05, 4.69) is 31.3 Å². The van der Waals surface area contributed by atoms with Gasteiger partial charge in [0.05, 0.1) is 20.8 Å². The minimum Gasteiger partial charge on any atom is -0.493 e. The standard InChI is InChI=1S/C17H27NO3/c1-5-15(18-12(2)14-8-9-21-11-14)13-6-7-16(19-3)17(10-13)20-4/h6-7,10,12,14-15,18H,5,8-9,11H2,1-4H3. The van der Waals surface area contributed by atoms with Crippen molar-refractivity contribution >= 4 is 0 Å². The van der Waals surface area contributed by atoms with E-state index in [0.717, 1.165) is 37.6 Å². The van der Waals surface area contributed by atoms with Gasteiger partial charge in [-0.2, -0.15) is 0 Å². The average Bonchev–Trinajstić information content (AvgIpc) is 3.06. The maximum Gasteiger partial charge on any atom is 0.161 e. The van der Waals surface area contributed by atoms with E-state index >= 15 is 0 Å². The van der Waals surface area contributed by atoms with Crippen molar-refractivity contribution in [3.8, 4) is 11.5 Å². The summed E-state index contributed by atoms with van der Waals surface area (Å²) in [6.45, 7) is 6.22. The molecule has 21 heavy (non-hydrogen) atoms. The van der Waals surface area contributed by atoms with Crippen LogP contribution < -0.4 is 14.8 Å². The van der Waals surface area contributed by atoms with Crippen LogP contribution in [0.4, 0.5) is 0 Å². The van der Waals surface area contributed by atoms with Gasteiger partial charge in [-0.25, -0.2) is 0 Å². The third-order valence-electron chi connectivity index (χ3n) is 4.35. The summed E-state index contributed by atoms with van der Waals surface area (Å²) in [4.78, 5) is 0. The smallest absolute Gasteiger partial charge is 0.161 e. The Morgan fingerprint density at radius 3 is 2.62 bits per heavy atom. The fourth-order valence-electron chi connectivity index (χ4n) is 2.92. The first-order valence-corrected chi connectivity index (χ1v) is 7.75. The number of methoxy groups -OCH3 is 2. The van der Waals surface area contributed by atoms with Crippen LogP contribution in [-0.2, 0) is 4.74 Å². The van der Waals surface area contributed by atoms with Gasteiger partial charge in [0.2, 0.25) is 0 Å². The van der Waals surface area contributed by atoms with Gasteiger partial charge in [-0.3, -0.25) is 0 Å². The molecule has 0 radical (unpaired) electrons. The zero-order valence-corrected chi connectivity index (χ0v) is 13.5. The van der Waals surface area contributed by atoms with Crippen molar-refractivity contribution in [2.75, 3.05) is 27.4 Å². The average molecular weight is 293 g/mol. The molecule has 1 N–H and O–H groups in total. The molecule has 118 valence electrons. The molecule has 4 nitrogen and oxygen atoms in total. The minimum absolute atomic E-state index is 0.320. The molecular weight excluding hydrogens is 266 g/mol. The fraction of sp³-hybridized carbons (Fsp3) is 0.647. The van der Waals surface area contributed by atoms with Crippen LogP contribution in [0.15, 0.2) is 18.2 Å². The second-order valence-electron chi connectivity index (χ2n) is 5.65. The van der Waals surface area contributed by atoms with Crippen LogP contribution in [0.1, 0.15) is 38.3 Å². The maximum atomic E-state index is 5.49. The molecule has 0 aromatic heterocycles. The Hall–Kier alpha value is -1.26. The second-order valence-corrected chi connectivity index (χ2v) is 5.65. The molecule has 1 fully saturated rings. The molecule has 0 bridgehead atoms. The highest BCUT2D eigenvalue weighted by atomic mass is 16.5. The van der Waals surface area contributed by atoms with Crippen LogP contribution >= 0.6 is 0 Å². The molecule has 1 aliphatic rings. The number of rotatable bonds is 7. The number of hydrogen-bond acceptors (Lipinski definition) is 4. The van der Waals surface area contributed by atoms with Gasteiger partial charge >= 0.3 is 0 Å². The first-order valence-electron chi connectivity index (χ1n) is 7.75. The van der Waals surface area contributed by atoms with E-state index in [4.69, 9.17) is 14.2 Å². The Bertz CT molecular complexity index is 444. The number of nitrogens with one attached hydrogen (secondary N) is 1. The first kappa shape index (κ1) is 16.1. The predicted octanol–water partition coefficient (Wildman–Crippen LogP) is 3.17. The van der Waals surface area contributed by atoms with Gasteiger partial charge in [-0.1, -0.05) is 13.0 Å². The SMILES string of the molecule is CCC(NC(C)C1CCOC1)c1ccc(OC)c(OC)c1. The van der Waals surface area contributed by atoms with Crippen molar-refractivity contribution in [1.82, 2.24) is 5.32 Å². The van der Waals surface area contributed by atoms with Gasteiger partial charge in [-0.15, -0.1) is 0 Å². The molecule has 3 unspecified atom stereocenters. The van der Waals surface area contributed by atoms with Gasteiger partial charge < -0.3 is 19.5 Å². The highest BCUT2D eigenvalue weighted by Gasteiger charge is 2.24. The molecule has 0 aliphatic carbocycles. The minimum atomic E-state index is 0.320. The van der Waals surface area contributed by atoms with Crippen LogP contribution in [-0.4, -0.2) is 33.5 Å². The largest absolute Gasteiger partial charge is 0.493 e. The lowest BCUT2D eigenvalue weighted by Gasteiger charge is -2.26. The van der Waals surface area contributed by atoms with E-state index in [0.29, 0.717) is 18.0 Å². The Morgan fingerprint density at radius 1 is 1.29 bits per heavy atom. The van der Waals surface area contributed by atoms with Gasteiger partial charge in [0.1, 0.15) is 0 Å². The van der Waals surface area contributed by atoms with Crippen LogP contribution in [0.2, 0.25) is 0 Å². The molecule has 1 aromatic rings. The summed E-state index contributed by atoms with van der Waals surface area (Å²) in [5, 5.41) is 3.74. The van der Waals surface area contributed by atoms with Gasteiger partial charge in [0.25, 0.3) is 0 Å². The van der Waals surface area contributed by atoms with Gasteiger partial charge in [-0.05, 0) is 43.4 Å². The third-order valence-corrected chi connectivity index (χ3v) is 4.35. The Kier molecular flexibility index (Phi) is 5.88. The molecular formula is C17H27NO3. The molecule has 1 heterocycles. The molecule has 3 atom stereocenters. The van der Waals surface area contributed by atoms with Crippen LogP contribution in [0, 0.1) is 5.92 Å². The highest BCUT2D eigenvalue weighted by Crippen LogP contribution is 2.31. The number of hydrogen-bond donors (Lipinski definition) is 1. The molecule has 4 heteroatoms. The second kappa shape index (κ2) is 7.66. The van der Waals surface area contributed by atoms with Crippen LogP contribution in [0.5, 0.6) is 11.5 Å². The van der Waals surface area contributed by atoms with E-state index in [1.165, 1.54) is 5.56 Å². The molecule has 1 aromatic carbocycles. The molecule has 0 amide bonds. The molecule has 1 aliphatic heterocycles. The lowest BCUT2D eigenvalue weighted by atomic mass is 9.97. The summed E-state index contributed by atoms with van der Waals surface area (Å²) in [6, 6.07) is 6.92. The quantitative estimate of drug-likeness (QED) is 0.838. The van der Waals surface area contributed by atoms with Crippen LogP contribution in [0.3, 0.4) is 0 Å². The Morgan fingerprint density at radius 2 is 2.05 bits per heavy atom. The zero-order valence-electron chi connectivity index (χ0n) is 13.5. The van der Waals surface area contributed by atoms with Crippen molar-refractivity contribution in [3.63, 3.8) is 0 Å². The van der Waals surface area contributed by atoms with E-state index in [9.17, 15) is 0 Å². The molecule has 1 saturated heterocycles. The van der Waals surface area contributed by atoms with Crippen molar-refractivity contribution in [2.45, 2.75) is 38.8 Å². The maximum absolute atomic E-state index is 5.49. The zero-order chi connectivity index (χ0) is 15.2. The Labute approximate surface area is 127 Å². The van der Waals surface area contributed by atoms with Crippen molar-refractivity contribution in [1.29, 1.82) is 0 Å². The normalized spacial score (nSPS) is 21.0. The molecule has 2 rings (SSSR count). The topological polar surface area (TPSA) is 39.7 Å². The summed E-state index contributed by atoms with van der Waals surface area (Å²) < 4.78 is 16.2. The fourth-order valence-corrected chi connectivity index (χ4v) is 2.92. The van der Waals surface area contributed by atoms with Crippen LogP contribution in [0.25, 0.3) is 0 Å². The van der Waals surface area contributed by atoms with E-state index in [1.54, 1.807) is 14.2 Å². The summed E-state index contributed by atoms with van der Waals surface area (Å²) in [7, 11) is 3.34. The monoisotopic (exact) mass is 293 g/mol. The van der Waals surface area contributed by atoms with E-state index in [-0.39, 0.29) is 0 Å². The van der Waals surface area contributed by atoms with E-state index in [1.807, 2.05) is 6.07 Å². The summed E-state index contributed by atoms with van der Waals surface area (Å²) in [6.07, 6.45) is 2.18. The first-order chi connectivity index (χ1) is 10.2. The summed E-state index contributed by atoms with van der Waals surface area (Å²) in [5.41, 5.74) is 1.24. The third kappa shape index (κ3) is 3.89. The number of benzene rings is 1. The van der Waals surface area contributed by atoms with Crippen molar-refractivity contribution in [3.05, 3.63) is 23.8 Å². The molecule has 0 saturated carbocycles.